The van der Waals surface area contributed by atoms with Gasteiger partial charge in [0.15, 0.2) is 0 Å². The van der Waals surface area contributed by atoms with Crippen molar-refractivity contribution in [1.82, 2.24) is 5.32 Å². The zero-order valence-corrected chi connectivity index (χ0v) is 17.2. The first-order valence-corrected chi connectivity index (χ1v) is 9.92. The van der Waals surface area contributed by atoms with Gasteiger partial charge in [0.2, 0.25) is 0 Å². The molecule has 0 aliphatic rings. The van der Waals surface area contributed by atoms with Crippen LogP contribution in [0.2, 0.25) is 0 Å². The molecule has 3 aromatic rings. The summed E-state index contributed by atoms with van der Waals surface area (Å²) in [7, 11) is 1.52. The molecule has 5 heteroatoms. The first-order valence-electron chi connectivity index (χ1n) is 9.92. The van der Waals surface area contributed by atoms with Crippen LogP contribution in [0.3, 0.4) is 0 Å². The van der Waals surface area contributed by atoms with Crippen molar-refractivity contribution in [2.45, 2.75) is 19.3 Å². The maximum absolute atomic E-state index is 12.3. The number of hydrogen-bond donors (Lipinski definition) is 2. The zero-order valence-electron chi connectivity index (χ0n) is 17.2. The lowest BCUT2D eigenvalue weighted by molar-refractivity contribution is -0.136. The van der Waals surface area contributed by atoms with Gasteiger partial charge in [-0.1, -0.05) is 66.7 Å². The molecule has 30 heavy (non-hydrogen) atoms. The molecule has 0 atom stereocenters. The molecule has 0 unspecified atom stereocenters. The van der Waals surface area contributed by atoms with Crippen LogP contribution < -0.4 is 15.4 Å². The third kappa shape index (κ3) is 5.47. The fourth-order valence-electron chi connectivity index (χ4n) is 3.41. The maximum atomic E-state index is 12.3. The second-order valence-electron chi connectivity index (χ2n) is 7.08. The number of methoxy groups -OCH3 is 1. The monoisotopic (exact) mass is 402 g/mol. The Hall–Kier alpha value is -3.60. The van der Waals surface area contributed by atoms with Crippen LogP contribution in [0.5, 0.6) is 5.75 Å². The van der Waals surface area contributed by atoms with Crippen molar-refractivity contribution in [2.24, 2.45) is 0 Å². The summed E-state index contributed by atoms with van der Waals surface area (Å²) < 4.78 is 5.25. The molecule has 0 aliphatic heterocycles. The Morgan fingerprint density at radius 3 is 2.03 bits per heavy atom. The lowest BCUT2D eigenvalue weighted by Gasteiger charge is -2.18. The van der Waals surface area contributed by atoms with Crippen LogP contribution in [-0.2, 0) is 9.59 Å². The predicted octanol–water partition coefficient (Wildman–Crippen LogP) is 4.28. The summed E-state index contributed by atoms with van der Waals surface area (Å²) in [6.45, 7) is 2.29. The van der Waals surface area contributed by atoms with Gasteiger partial charge in [0, 0.05) is 12.5 Å². The van der Waals surface area contributed by atoms with Gasteiger partial charge in [0.05, 0.1) is 12.8 Å². The molecule has 0 bridgehead atoms. The molecule has 0 fully saturated rings. The van der Waals surface area contributed by atoms with Crippen molar-refractivity contribution in [3.05, 3.63) is 95.6 Å². The Morgan fingerprint density at radius 2 is 1.47 bits per heavy atom. The largest absolute Gasteiger partial charge is 0.495 e. The Bertz CT molecular complexity index is 948. The normalized spacial score (nSPS) is 10.5. The molecular formula is C25H26N2O3. The van der Waals surface area contributed by atoms with E-state index in [1.54, 1.807) is 12.1 Å². The van der Waals surface area contributed by atoms with E-state index in [2.05, 4.69) is 34.9 Å². The summed E-state index contributed by atoms with van der Waals surface area (Å²) in [4.78, 5) is 24.7. The van der Waals surface area contributed by atoms with Gasteiger partial charge >= 0.3 is 11.8 Å². The Morgan fingerprint density at radius 1 is 0.867 bits per heavy atom. The second kappa shape index (κ2) is 10.3. The van der Waals surface area contributed by atoms with Gasteiger partial charge in [0.1, 0.15) is 5.75 Å². The van der Waals surface area contributed by atoms with Crippen molar-refractivity contribution < 1.29 is 14.3 Å². The highest BCUT2D eigenvalue weighted by Gasteiger charge is 2.18. The van der Waals surface area contributed by atoms with E-state index in [1.807, 2.05) is 49.4 Å². The molecule has 0 radical (unpaired) electrons. The highest BCUT2D eigenvalue weighted by molar-refractivity contribution is 6.39. The van der Waals surface area contributed by atoms with E-state index in [-0.39, 0.29) is 5.92 Å². The van der Waals surface area contributed by atoms with Crippen molar-refractivity contribution in [3.8, 4) is 5.75 Å². The average Bonchev–Trinajstić information content (AvgIpc) is 2.78. The second-order valence-corrected chi connectivity index (χ2v) is 7.08. The van der Waals surface area contributed by atoms with Crippen LogP contribution in [0.25, 0.3) is 0 Å². The Labute approximate surface area is 177 Å². The molecule has 3 aromatic carbocycles. The summed E-state index contributed by atoms with van der Waals surface area (Å²) in [5.41, 5.74) is 3.78. The fraction of sp³-hybridized carbons (Fsp3) is 0.200. The van der Waals surface area contributed by atoms with Crippen LogP contribution in [0.15, 0.2) is 78.9 Å². The number of carbonyl (C=O) groups is 2. The molecule has 0 aliphatic carbocycles. The molecule has 0 saturated carbocycles. The fourth-order valence-corrected chi connectivity index (χ4v) is 3.41. The van der Waals surface area contributed by atoms with Crippen LogP contribution in [0, 0.1) is 6.92 Å². The van der Waals surface area contributed by atoms with Crippen LogP contribution in [-0.4, -0.2) is 25.5 Å². The number of aryl methyl sites for hydroxylation is 1. The van der Waals surface area contributed by atoms with Crippen LogP contribution in [0.4, 0.5) is 5.69 Å². The molecule has 154 valence electrons. The molecule has 2 amide bonds. The van der Waals surface area contributed by atoms with Gasteiger partial charge in [-0.3, -0.25) is 9.59 Å². The third-order valence-electron chi connectivity index (χ3n) is 4.93. The van der Waals surface area contributed by atoms with E-state index in [0.717, 1.165) is 5.56 Å². The maximum Gasteiger partial charge on any atom is 0.313 e. The van der Waals surface area contributed by atoms with E-state index in [4.69, 9.17) is 4.74 Å². The van der Waals surface area contributed by atoms with Gasteiger partial charge < -0.3 is 15.4 Å². The van der Waals surface area contributed by atoms with Crippen molar-refractivity contribution in [2.75, 3.05) is 19.0 Å². The number of rotatable bonds is 7. The molecule has 2 N–H and O–H groups in total. The van der Waals surface area contributed by atoms with E-state index in [0.29, 0.717) is 24.4 Å². The molecule has 5 nitrogen and oxygen atoms in total. The first kappa shape index (κ1) is 21.1. The van der Waals surface area contributed by atoms with E-state index in [9.17, 15) is 9.59 Å². The van der Waals surface area contributed by atoms with Crippen molar-refractivity contribution in [3.63, 3.8) is 0 Å². The van der Waals surface area contributed by atoms with E-state index in [1.165, 1.54) is 18.2 Å². The Kier molecular flexibility index (Phi) is 7.22. The van der Waals surface area contributed by atoms with Gasteiger partial charge in [-0.2, -0.15) is 0 Å². The van der Waals surface area contributed by atoms with Crippen molar-refractivity contribution in [1.29, 1.82) is 0 Å². The number of nitrogens with one attached hydrogen (secondary N) is 2. The lowest BCUT2D eigenvalue weighted by atomic mass is 9.88. The number of ether oxygens (including phenoxy) is 1. The zero-order chi connectivity index (χ0) is 21.3. The van der Waals surface area contributed by atoms with Crippen molar-refractivity contribution >= 4 is 17.5 Å². The summed E-state index contributed by atoms with van der Waals surface area (Å²) in [6.07, 6.45) is 0.681. The molecule has 0 aromatic heterocycles. The topological polar surface area (TPSA) is 67.4 Å². The van der Waals surface area contributed by atoms with Gasteiger partial charge in [-0.25, -0.2) is 0 Å². The Balaban J connectivity index is 1.62. The minimum absolute atomic E-state index is 0.132. The third-order valence-corrected chi connectivity index (χ3v) is 4.93. The number of hydrogen-bond acceptors (Lipinski definition) is 3. The standard InChI is InChI=1S/C25H26N2O3/c1-18-13-14-23(30-2)22(17-18)27-25(29)24(28)26-16-15-21(19-9-5-3-6-10-19)20-11-7-4-8-12-20/h3-14,17,21H,15-16H2,1-2H3,(H,26,28)(H,27,29). The average molecular weight is 402 g/mol. The van der Waals surface area contributed by atoms with Gasteiger partial charge in [-0.15, -0.1) is 0 Å². The molecule has 0 heterocycles. The molecular weight excluding hydrogens is 376 g/mol. The molecule has 0 saturated heterocycles. The molecule has 0 spiro atoms. The summed E-state index contributed by atoms with van der Waals surface area (Å²) >= 11 is 0. The number of carbonyl (C=O) groups excluding carboxylic acids is 2. The van der Waals surface area contributed by atoms with Crippen LogP contribution >= 0.6 is 0 Å². The summed E-state index contributed by atoms with van der Waals surface area (Å²) in [5.74, 6) is -0.740. The summed E-state index contributed by atoms with van der Waals surface area (Å²) in [6, 6.07) is 25.7. The first-order chi connectivity index (χ1) is 14.6. The number of anilines is 1. The van der Waals surface area contributed by atoms with Gasteiger partial charge in [-0.05, 0) is 42.2 Å². The quantitative estimate of drug-likeness (QED) is 0.580. The minimum Gasteiger partial charge on any atom is -0.495 e. The lowest BCUT2D eigenvalue weighted by Crippen LogP contribution is -2.36. The van der Waals surface area contributed by atoms with E-state index < -0.39 is 11.8 Å². The van der Waals surface area contributed by atoms with Crippen LogP contribution in [0.1, 0.15) is 29.0 Å². The number of amides is 2. The van der Waals surface area contributed by atoms with Gasteiger partial charge in [0.25, 0.3) is 0 Å². The van der Waals surface area contributed by atoms with E-state index >= 15 is 0 Å². The minimum atomic E-state index is -0.713. The molecule has 3 rings (SSSR count). The highest BCUT2D eigenvalue weighted by atomic mass is 16.5. The highest BCUT2D eigenvalue weighted by Crippen LogP contribution is 2.27. The SMILES string of the molecule is COc1ccc(C)cc1NC(=O)C(=O)NCCC(c1ccccc1)c1ccccc1. The smallest absolute Gasteiger partial charge is 0.313 e. The summed E-state index contributed by atoms with van der Waals surface area (Å²) in [5, 5.41) is 5.36. The number of benzene rings is 3. The predicted molar refractivity (Wildman–Crippen MR) is 119 cm³/mol.